The minimum absolute atomic E-state index is 0.0249. The van der Waals surface area contributed by atoms with Crippen molar-refractivity contribution in [1.29, 1.82) is 0 Å². The Labute approximate surface area is 229 Å². The summed E-state index contributed by atoms with van der Waals surface area (Å²) < 4.78 is 40.9. The van der Waals surface area contributed by atoms with Crippen molar-refractivity contribution in [1.82, 2.24) is 14.9 Å². The monoisotopic (exact) mass is 551 g/mol. The predicted octanol–water partition coefficient (Wildman–Crippen LogP) is 3.98. The first-order valence-corrected chi connectivity index (χ1v) is 14.7. The van der Waals surface area contributed by atoms with Crippen LogP contribution in [-0.2, 0) is 39.0 Å². The second-order valence-electron chi connectivity index (χ2n) is 9.89. The quantitative estimate of drug-likeness (QED) is 0.336. The van der Waals surface area contributed by atoms with Crippen molar-refractivity contribution in [3.63, 3.8) is 0 Å². The van der Waals surface area contributed by atoms with E-state index in [9.17, 15) is 22.4 Å². The highest BCUT2D eigenvalue weighted by atomic mass is 32.2. The Morgan fingerprint density at radius 1 is 0.897 bits per heavy atom. The molecule has 3 aromatic carbocycles. The van der Waals surface area contributed by atoms with Crippen LogP contribution in [0.15, 0.2) is 83.8 Å². The summed E-state index contributed by atoms with van der Waals surface area (Å²) in [6.07, 6.45) is 2.91. The average Bonchev–Trinajstić information content (AvgIpc) is 3.75. The van der Waals surface area contributed by atoms with Gasteiger partial charge in [-0.25, -0.2) is 17.5 Å². The Morgan fingerprint density at radius 2 is 1.51 bits per heavy atom. The zero-order chi connectivity index (χ0) is 27.8. The summed E-state index contributed by atoms with van der Waals surface area (Å²) in [7, 11) is -3.54. The summed E-state index contributed by atoms with van der Waals surface area (Å²) in [6, 6.07) is 21.5. The van der Waals surface area contributed by atoms with Crippen LogP contribution in [-0.4, -0.2) is 43.8 Å². The number of hydrogen-bond donors (Lipinski definition) is 2. The van der Waals surface area contributed by atoms with E-state index in [-0.39, 0.29) is 41.5 Å². The number of nitrogens with one attached hydrogen (secondary N) is 2. The van der Waals surface area contributed by atoms with Gasteiger partial charge in [0.05, 0.1) is 4.90 Å². The molecule has 1 unspecified atom stereocenters. The number of carbonyl (C=O) groups is 2. The van der Waals surface area contributed by atoms with Crippen LogP contribution in [0, 0.1) is 5.82 Å². The van der Waals surface area contributed by atoms with Crippen molar-refractivity contribution in [3.05, 3.63) is 101 Å². The molecule has 1 atom stereocenters. The molecule has 206 valence electrons. The van der Waals surface area contributed by atoms with E-state index >= 15 is 0 Å². The third-order valence-electron chi connectivity index (χ3n) is 6.75. The van der Waals surface area contributed by atoms with Gasteiger partial charge < -0.3 is 10.2 Å². The van der Waals surface area contributed by atoms with E-state index in [4.69, 9.17) is 0 Å². The lowest BCUT2D eigenvalue weighted by molar-refractivity contribution is -0.140. The third kappa shape index (κ3) is 8.46. The molecule has 0 heterocycles. The number of sulfonamides is 1. The standard InChI is InChI=1S/C30H34FN3O4S/c1-22(30(36)32-20-19-23-5-3-2-4-6-23)34(21-25-7-12-26(31)13-8-25)29(35)18-11-24-9-16-28(17-10-24)39(37,38)33-27-14-15-27/h2-10,12-13,16-17,22,27,33H,11,14-15,18-21H2,1H3,(H,32,36). The molecule has 2 amide bonds. The molecule has 9 heteroatoms. The van der Waals surface area contributed by atoms with Gasteiger partial charge in [-0.15, -0.1) is 0 Å². The molecule has 1 saturated carbocycles. The fraction of sp³-hybridized carbons (Fsp3) is 0.333. The first-order valence-electron chi connectivity index (χ1n) is 13.2. The molecule has 0 aromatic heterocycles. The molecule has 1 fully saturated rings. The minimum Gasteiger partial charge on any atom is -0.354 e. The summed E-state index contributed by atoms with van der Waals surface area (Å²) in [6.45, 7) is 2.29. The number of hydrogen-bond acceptors (Lipinski definition) is 4. The van der Waals surface area contributed by atoms with E-state index in [2.05, 4.69) is 10.0 Å². The second kappa shape index (κ2) is 13.0. The van der Waals surface area contributed by atoms with Crippen LogP contribution in [0.3, 0.4) is 0 Å². The molecule has 0 bridgehead atoms. The molecule has 0 radical (unpaired) electrons. The molecule has 1 aliphatic rings. The van der Waals surface area contributed by atoms with Gasteiger partial charge in [0.1, 0.15) is 11.9 Å². The zero-order valence-corrected chi connectivity index (χ0v) is 22.8. The van der Waals surface area contributed by atoms with Crippen molar-refractivity contribution < 1.29 is 22.4 Å². The van der Waals surface area contributed by atoms with Crippen molar-refractivity contribution >= 4 is 21.8 Å². The van der Waals surface area contributed by atoms with Gasteiger partial charge in [0.25, 0.3) is 0 Å². The van der Waals surface area contributed by atoms with Gasteiger partial charge in [0.2, 0.25) is 21.8 Å². The van der Waals surface area contributed by atoms with Crippen LogP contribution in [0.2, 0.25) is 0 Å². The molecule has 0 aliphatic heterocycles. The van der Waals surface area contributed by atoms with E-state index in [1.165, 1.54) is 17.0 Å². The van der Waals surface area contributed by atoms with Crippen molar-refractivity contribution in [2.24, 2.45) is 0 Å². The Hall–Kier alpha value is -3.56. The van der Waals surface area contributed by atoms with Gasteiger partial charge in [-0.05, 0) is 73.6 Å². The molecule has 39 heavy (non-hydrogen) atoms. The van der Waals surface area contributed by atoms with Gasteiger partial charge in [-0.3, -0.25) is 9.59 Å². The fourth-order valence-electron chi connectivity index (χ4n) is 4.21. The van der Waals surface area contributed by atoms with E-state index in [0.29, 0.717) is 24.9 Å². The van der Waals surface area contributed by atoms with Crippen molar-refractivity contribution in [2.75, 3.05) is 6.54 Å². The Morgan fingerprint density at radius 3 is 2.15 bits per heavy atom. The normalized spacial score (nSPS) is 14.0. The van der Waals surface area contributed by atoms with Gasteiger partial charge in [0.15, 0.2) is 0 Å². The molecule has 0 saturated heterocycles. The first-order chi connectivity index (χ1) is 18.7. The Bertz CT molecular complexity index is 1360. The maximum absolute atomic E-state index is 13.4. The van der Waals surface area contributed by atoms with Crippen LogP contribution < -0.4 is 10.0 Å². The SMILES string of the molecule is CC(C(=O)NCCc1ccccc1)N(Cc1ccc(F)cc1)C(=O)CCc1ccc(S(=O)(=O)NC2CC2)cc1. The molecule has 2 N–H and O–H groups in total. The number of aryl methyl sites for hydroxylation is 1. The highest BCUT2D eigenvalue weighted by Gasteiger charge is 2.28. The molecule has 7 nitrogen and oxygen atoms in total. The predicted molar refractivity (Wildman–Crippen MR) is 148 cm³/mol. The highest BCUT2D eigenvalue weighted by Crippen LogP contribution is 2.22. The van der Waals surface area contributed by atoms with E-state index in [1.807, 2.05) is 30.3 Å². The average molecular weight is 552 g/mol. The van der Waals surface area contributed by atoms with Crippen LogP contribution in [0.25, 0.3) is 0 Å². The third-order valence-corrected chi connectivity index (χ3v) is 8.29. The maximum atomic E-state index is 13.4. The van der Waals surface area contributed by atoms with Crippen LogP contribution in [0.1, 0.15) is 42.9 Å². The largest absolute Gasteiger partial charge is 0.354 e. The Balaban J connectivity index is 1.38. The van der Waals surface area contributed by atoms with Crippen molar-refractivity contribution in [3.8, 4) is 0 Å². The van der Waals surface area contributed by atoms with Crippen LogP contribution in [0.4, 0.5) is 4.39 Å². The molecule has 4 rings (SSSR count). The van der Waals surface area contributed by atoms with Crippen LogP contribution >= 0.6 is 0 Å². The lowest BCUT2D eigenvalue weighted by atomic mass is 10.1. The number of benzene rings is 3. The molecule has 3 aromatic rings. The van der Waals surface area contributed by atoms with E-state index in [0.717, 1.165) is 24.0 Å². The number of nitrogens with zero attached hydrogens (tertiary/aromatic N) is 1. The minimum atomic E-state index is -3.54. The fourth-order valence-corrected chi connectivity index (χ4v) is 5.52. The lowest BCUT2D eigenvalue weighted by Crippen LogP contribution is -2.48. The van der Waals surface area contributed by atoms with Gasteiger partial charge in [-0.1, -0.05) is 54.6 Å². The topological polar surface area (TPSA) is 95.6 Å². The molecular weight excluding hydrogens is 517 g/mol. The number of rotatable bonds is 13. The molecular formula is C30H34FN3O4S. The van der Waals surface area contributed by atoms with Crippen LogP contribution in [0.5, 0.6) is 0 Å². The van der Waals surface area contributed by atoms with Gasteiger partial charge in [-0.2, -0.15) is 0 Å². The van der Waals surface area contributed by atoms with Gasteiger partial charge in [0, 0.05) is 25.6 Å². The Kier molecular flexibility index (Phi) is 9.48. The zero-order valence-electron chi connectivity index (χ0n) is 22.0. The molecule has 1 aliphatic carbocycles. The maximum Gasteiger partial charge on any atom is 0.242 e. The summed E-state index contributed by atoms with van der Waals surface area (Å²) in [5.74, 6) is -0.864. The number of amides is 2. The van der Waals surface area contributed by atoms with E-state index in [1.54, 1.807) is 43.3 Å². The first kappa shape index (κ1) is 28.4. The molecule has 0 spiro atoms. The summed E-state index contributed by atoms with van der Waals surface area (Å²) in [5.41, 5.74) is 2.63. The smallest absolute Gasteiger partial charge is 0.242 e. The summed E-state index contributed by atoms with van der Waals surface area (Å²) in [4.78, 5) is 28.0. The number of carbonyl (C=O) groups excluding carboxylic acids is 2. The highest BCUT2D eigenvalue weighted by molar-refractivity contribution is 7.89. The van der Waals surface area contributed by atoms with Crippen molar-refractivity contribution in [2.45, 2.75) is 62.6 Å². The van der Waals surface area contributed by atoms with E-state index < -0.39 is 16.1 Å². The number of halogens is 1. The summed E-state index contributed by atoms with van der Waals surface area (Å²) in [5, 5.41) is 2.92. The lowest BCUT2D eigenvalue weighted by Gasteiger charge is -2.29. The second-order valence-corrected chi connectivity index (χ2v) is 11.6. The summed E-state index contributed by atoms with van der Waals surface area (Å²) >= 11 is 0. The van der Waals surface area contributed by atoms with Gasteiger partial charge >= 0.3 is 0 Å².